The predicted octanol–water partition coefficient (Wildman–Crippen LogP) is 5.34. The highest BCUT2D eigenvalue weighted by Gasteiger charge is 2.18. The quantitative estimate of drug-likeness (QED) is 0.385. The van der Waals surface area contributed by atoms with E-state index < -0.39 is 0 Å². The van der Waals surface area contributed by atoms with Crippen LogP contribution in [-0.4, -0.2) is 39.7 Å². The molecule has 4 rings (SSSR count). The van der Waals surface area contributed by atoms with Crippen LogP contribution in [-0.2, 0) is 6.54 Å². The Labute approximate surface area is 205 Å². The monoisotopic (exact) mass is 467 g/mol. The van der Waals surface area contributed by atoms with E-state index in [1.54, 1.807) is 36.2 Å². The molecule has 3 amide bonds. The molecule has 0 saturated heterocycles. The molecule has 4 aromatic rings. The number of nitrogens with one attached hydrogen (secondary N) is 2. The van der Waals surface area contributed by atoms with Gasteiger partial charge in [0.1, 0.15) is 0 Å². The van der Waals surface area contributed by atoms with Crippen molar-refractivity contribution in [3.63, 3.8) is 0 Å². The summed E-state index contributed by atoms with van der Waals surface area (Å²) in [6, 6.07) is 26.5. The number of carbonyl (C=O) groups is 2. The number of hydrogen-bond acceptors (Lipinski definition) is 3. The predicted molar refractivity (Wildman–Crippen MR) is 139 cm³/mol. The number of urea groups is 1. The van der Waals surface area contributed by atoms with Gasteiger partial charge in [0.15, 0.2) is 0 Å². The van der Waals surface area contributed by atoms with Crippen molar-refractivity contribution in [1.29, 1.82) is 0 Å². The van der Waals surface area contributed by atoms with Gasteiger partial charge in [-0.05, 0) is 50.2 Å². The smallest absolute Gasteiger partial charge is 0.319 e. The van der Waals surface area contributed by atoms with Crippen LogP contribution in [0.1, 0.15) is 29.8 Å². The summed E-state index contributed by atoms with van der Waals surface area (Å²) in [4.78, 5) is 26.7. The third-order valence-corrected chi connectivity index (χ3v) is 5.42. The second-order valence-corrected chi connectivity index (χ2v) is 8.64. The van der Waals surface area contributed by atoms with Crippen molar-refractivity contribution in [2.45, 2.75) is 26.4 Å². The lowest BCUT2D eigenvalue weighted by Gasteiger charge is -2.17. The Morgan fingerprint density at radius 2 is 1.54 bits per heavy atom. The van der Waals surface area contributed by atoms with Crippen LogP contribution in [0.4, 0.5) is 10.5 Å². The topological polar surface area (TPSA) is 79.3 Å². The normalized spacial score (nSPS) is 10.7. The van der Waals surface area contributed by atoms with Crippen LogP contribution in [0.3, 0.4) is 0 Å². The maximum absolute atomic E-state index is 13.2. The van der Waals surface area contributed by atoms with E-state index in [0.717, 1.165) is 22.5 Å². The highest BCUT2D eigenvalue weighted by Crippen LogP contribution is 2.25. The van der Waals surface area contributed by atoms with E-state index in [4.69, 9.17) is 5.10 Å². The van der Waals surface area contributed by atoms with Crippen molar-refractivity contribution < 1.29 is 9.59 Å². The molecule has 3 aromatic carbocycles. The molecule has 178 valence electrons. The molecule has 0 aliphatic carbocycles. The maximum atomic E-state index is 13.2. The minimum Gasteiger partial charge on any atom is -0.337 e. The van der Waals surface area contributed by atoms with Gasteiger partial charge in [-0.3, -0.25) is 4.79 Å². The molecule has 0 bridgehead atoms. The second-order valence-electron chi connectivity index (χ2n) is 8.64. The summed E-state index contributed by atoms with van der Waals surface area (Å²) in [7, 11) is 1.78. The molecule has 0 saturated carbocycles. The Bertz CT molecular complexity index is 1280. The molecular formula is C28H29N5O2. The zero-order valence-electron chi connectivity index (χ0n) is 20.1. The average Bonchev–Trinajstić information content (AvgIpc) is 3.28. The van der Waals surface area contributed by atoms with Gasteiger partial charge in [-0.2, -0.15) is 5.10 Å². The van der Waals surface area contributed by atoms with Gasteiger partial charge in [0.2, 0.25) is 0 Å². The van der Waals surface area contributed by atoms with E-state index in [1.807, 2.05) is 85.4 Å². The van der Waals surface area contributed by atoms with Crippen molar-refractivity contribution in [2.75, 3.05) is 12.4 Å². The number of rotatable bonds is 7. The fraction of sp³-hybridized carbons (Fsp3) is 0.179. The molecule has 0 aliphatic rings. The van der Waals surface area contributed by atoms with Gasteiger partial charge in [0.25, 0.3) is 5.91 Å². The summed E-state index contributed by atoms with van der Waals surface area (Å²) in [5, 5.41) is 10.4. The molecule has 35 heavy (non-hydrogen) atoms. The van der Waals surface area contributed by atoms with Crippen LogP contribution in [0, 0.1) is 0 Å². The molecular weight excluding hydrogens is 438 g/mol. The van der Waals surface area contributed by atoms with Crippen molar-refractivity contribution in [3.05, 3.63) is 102 Å². The molecule has 1 aromatic heterocycles. The van der Waals surface area contributed by atoms with Crippen LogP contribution >= 0.6 is 0 Å². The molecule has 7 heteroatoms. The Morgan fingerprint density at radius 3 is 2.17 bits per heavy atom. The number of nitrogens with zero attached hydrogens (tertiary/aromatic N) is 3. The molecule has 0 spiro atoms. The van der Waals surface area contributed by atoms with Gasteiger partial charge in [-0.25, -0.2) is 9.48 Å². The minimum atomic E-state index is -0.278. The first kappa shape index (κ1) is 23.8. The van der Waals surface area contributed by atoms with Gasteiger partial charge in [0.05, 0.1) is 11.4 Å². The summed E-state index contributed by atoms with van der Waals surface area (Å²) in [6.07, 6.45) is 1.97. The van der Waals surface area contributed by atoms with E-state index in [1.165, 1.54) is 0 Å². The number of carbonyl (C=O) groups excluding carboxylic acids is 2. The van der Waals surface area contributed by atoms with Crippen LogP contribution in [0.25, 0.3) is 16.9 Å². The Morgan fingerprint density at radius 1 is 0.914 bits per heavy atom. The zero-order chi connectivity index (χ0) is 24.8. The van der Waals surface area contributed by atoms with Crippen molar-refractivity contribution in [3.8, 4) is 16.9 Å². The first-order chi connectivity index (χ1) is 16.9. The number of benzene rings is 3. The van der Waals surface area contributed by atoms with Gasteiger partial charge < -0.3 is 15.5 Å². The van der Waals surface area contributed by atoms with Gasteiger partial charge >= 0.3 is 6.03 Å². The van der Waals surface area contributed by atoms with Crippen LogP contribution in [0.2, 0.25) is 0 Å². The summed E-state index contributed by atoms with van der Waals surface area (Å²) in [5.41, 5.74) is 4.89. The molecule has 0 fully saturated rings. The van der Waals surface area contributed by atoms with Crippen LogP contribution < -0.4 is 10.6 Å². The lowest BCUT2D eigenvalue weighted by Crippen LogP contribution is -2.34. The second kappa shape index (κ2) is 10.7. The molecule has 0 unspecified atom stereocenters. The van der Waals surface area contributed by atoms with E-state index in [0.29, 0.717) is 17.8 Å². The number of aromatic nitrogens is 2. The summed E-state index contributed by atoms with van der Waals surface area (Å²) < 4.78 is 1.85. The highest BCUT2D eigenvalue weighted by molar-refractivity contribution is 5.95. The highest BCUT2D eigenvalue weighted by atomic mass is 16.2. The summed E-state index contributed by atoms with van der Waals surface area (Å²) >= 11 is 0. The number of anilines is 1. The average molecular weight is 468 g/mol. The largest absolute Gasteiger partial charge is 0.337 e. The molecule has 0 atom stereocenters. The lowest BCUT2D eigenvalue weighted by molar-refractivity contribution is 0.0785. The van der Waals surface area contributed by atoms with Crippen molar-refractivity contribution in [2.24, 2.45) is 0 Å². The lowest BCUT2D eigenvalue weighted by atomic mass is 10.1. The first-order valence-electron chi connectivity index (χ1n) is 11.5. The zero-order valence-corrected chi connectivity index (χ0v) is 20.1. The molecule has 0 radical (unpaired) electrons. The number of amides is 3. The van der Waals surface area contributed by atoms with Gasteiger partial charge in [-0.1, -0.05) is 48.5 Å². The van der Waals surface area contributed by atoms with E-state index in [-0.39, 0.29) is 18.0 Å². The summed E-state index contributed by atoms with van der Waals surface area (Å²) in [6.45, 7) is 4.18. The third kappa shape index (κ3) is 5.95. The van der Waals surface area contributed by atoms with Crippen molar-refractivity contribution in [1.82, 2.24) is 20.0 Å². The maximum Gasteiger partial charge on any atom is 0.319 e. The Hall–Kier alpha value is -4.39. The molecule has 1 heterocycles. The fourth-order valence-corrected chi connectivity index (χ4v) is 3.75. The van der Waals surface area contributed by atoms with Crippen molar-refractivity contribution >= 4 is 17.6 Å². The first-order valence-corrected chi connectivity index (χ1v) is 11.5. The number of para-hydroxylation sites is 1. The Kier molecular flexibility index (Phi) is 7.26. The standard InChI is InChI=1S/C28H29N5O2/c1-20(2)29-28(35)30-24-16-14-22(15-17-24)27(34)32(3)18-23-19-33(25-12-8-5-9-13-25)31-26(23)21-10-6-4-7-11-21/h4-17,19-20H,18H2,1-3H3,(H2,29,30,35). The van der Waals surface area contributed by atoms with E-state index in [9.17, 15) is 9.59 Å². The van der Waals surface area contributed by atoms with Crippen LogP contribution in [0.5, 0.6) is 0 Å². The van der Waals surface area contributed by atoms with Crippen LogP contribution in [0.15, 0.2) is 91.1 Å². The SMILES string of the molecule is CC(C)NC(=O)Nc1ccc(C(=O)N(C)Cc2cn(-c3ccccc3)nc2-c2ccccc2)cc1. The number of hydrogen-bond donors (Lipinski definition) is 2. The third-order valence-electron chi connectivity index (χ3n) is 5.42. The molecule has 7 nitrogen and oxygen atoms in total. The molecule has 2 N–H and O–H groups in total. The van der Waals surface area contributed by atoms with Gasteiger partial charge in [0, 0.05) is 48.2 Å². The fourth-order valence-electron chi connectivity index (χ4n) is 3.75. The summed E-state index contributed by atoms with van der Waals surface area (Å²) in [5.74, 6) is -0.116. The minimum absolute atomic E-state index is 0.0384. The van der Waals surface area contributed by atoms with E-state index >= 15 is 0 Å². The van der Waals surface area contributed by atoms with E-state index in [2.05, 4.69) is 10.6 Å². The Balaban J connectivity index is 1.53. The van der Waals surface area contributed by atoms with Gasteiger partial charge in [-0.15, -0.1) is 0 Å². The molecule has 0 aliphatic heterocycles.